The van der Waals surface area contributed by atoms with Gasteiger partial charge in [-0.15, -0.1) is 0 Å². The average Bonchev–Trinajstić information content (AvgIpc) is 2.78. The predicted octanol–water partition coefficient (Wildman–Crippen LogP) is 3.66. The second kappa shape index (κ2) is 11.8. The molecule has 1 aromatic carbocycles. The fourth-order valence-electron chi connectivity index (χ4n) is 3.32. The van der Waals surface area contributed by atoms with E-state index in [1.54, 1.807) is 11.5 Å². The van der Waals surface area contributed by atoms with E-state index in [0.29, 0.717) is 11.4 Å². The van der Waals surface area contributed by atoms with E-state index in [1.165, 1.54) is 31.4 Å². The molecule has 2 heterocycles. The summed E-state index contributed by atoms with van der Waals surface area (Å²) in [7, 11) is -3.12. The molecule has 0 spiro atoms. The first-order valence-corrected chi connectivity index (χ1v) is 13.0. The number of phosphoric ester groups is 1. The maximum atomic E-state index is 12.9. The number of ether oxygens (including phenoxy) is 2. The second-order valence-electron chi connectivity index (χ2n) is 7.30. The van der Waals surface area contributed by atoms with Gasteiger partial charge in [-0.25, -0.2) is 9.55 Å². The zero-order chi connectivity index (χ0) is 26.6. The molecule has 0 unspecified atom stereocenters. The van der Waals surface area contributed by atoms with Crippen LogP contribution in [-0.4, -0.2) is 52.1 Å². The van der Waals surface area contributed by atoms with Crippen molar-refractivity contribution in [3.8, 4) is 17.3 Å². The molecular weight excluding hydrogens is 560 g/mol. The van der Waals surface area contributed by atoms with Gasteiger partial charge in [0.15, 0.2) is 5.43 Å². The molecule has 0 bridgehead atoms. The van der Waals surface area contributed by atoms with Crippen LogP contribution in [-0.2, 0) is 13.9 Å². The number of nitrogens with zero attached hydrogens (tertiary/aromatic N) is 2. The molecule has 0 saturated heterocycles. The van der Waals surface area contributed by atoms with Crippen molar-refractivity contribution >= 4 is 59.4 Å². The SMILES string of the molecule is CNC(=O)CCOc1ncc(Cl)c2c1c(=O)cc(C)n2-c1c(Cl)cc(OCCOP(=O)(O)O)cc1Cl. The number of hydrogen-bond acceptors (Lipinski definition) is 7. The van der Waals surface area contributed by atoms with Crippen LogP contribution in [0.3, 0.4) is 0 Å². The van der Waals surface area contributed by atoms with Crippen molar-refractivity contribution in [2.24, 2.45) is 0 Å². The summed E-state index contributed by atoms with van der Waals surface area (Å²) in [4.78, 5) is 46.1. The Labute approximate surface area is 220 Å². The van der Waals surface area contributed by atoms with E-state index in [4.69, 9.17) is 54.1 Å². The third-order valence-electron chi connectivity index (χ3n) is 4.81. The minimum absolute atomic E-state index is 0.00527. The molecule has 194 valence electrons. The molecule has 3 N–H and O–H groups in total. The van der Waals surface area contributed by atoms with Crippen LogP contribution in [0.4, 0.5) is 0 Å². The van der Waals surface area contributed by atoms with E-state index in [1.807, 2.05) is 0 Å². The van der Waals surface area contributed by atoms with Gasteiger partial charge >= 0.3 is 7.82 Å². The zero-order valence-corrected chi connectivity index (χ0v) is 22.1. The lowest BCUT2D eigenvalue weighted by Gasteiger charge is -2.20. The minimum Gasteiger partial charge on any atom is -0.491 e. The minimum atomic E-state index is -4.62. The summed E-state index contributed by atoms with van der Waals surface area (Å²) in [5, 5.41) is 2.96. The number of hydrogen-bond donors (Lipinski definition) is 3. The van der Waals surface area contributed by atoms with Gasteiger partial charge in [-0.2, -0.15) is 0 Å². The van der Waals surface area contributed by atoms with Crippen LogP contribution < -0.4 is 20.2 Å². The van der Waals surface area contributed by atoms with E-state index in [9.17, 15) is 14.2 Å². The van der Waals surface area contributed by atoms with Crippen LogP contribution in [0.25, 0.3) is 16.6 Å². The van der Waals surface area contributed by atoms with Crippen molar-refractivity contribution in [2.45, 2.75) is 13.3 Å². The first kappa shape index (κ1) is 28.2. The third-order valence-corrected chi connectivity index (χ3v) is 6.18. The maximum Gasteiger partial charge on any atom is 0.469 e. The summed E-state index contributed by atoms with van der Waals surface area (Å²) in [6.07, 6.45) is 1.37. The Bertz CT molecular complexity index is 1390. The van der Waals surface area contributed by atoms with Gasteiger partial charge in [0.1, 0.15) is 17.7 Å². The lowest BCUT2D eigenvalue weighted by Crippen LogP contribution is -2.20. The molecule has 0 radical (unpaired) electrons. The fraction of sp³-hybridized carbons (Fsp3) is 0.286. The number of aryl methyl sites for hydroxylation is 1. The number of carbonyl (C=O) groups is 1. The lowest BCUT2D eigenvalue weighted by atomic mass is 10.2. The van der Waals surface area contributed by atoms with Crippen LogP contribution in [0.15, 0.2) is 29.2 Å². The fourth-order valence-corrected chi connectivity index (χ4v) is 4.50. The van der Waals surface area contributed by atoms with Gasteiger partial charge in [-0.3, -0.25) is 14.1 Å². The quantitative estimate of drug-likeness (QED) is 0.241. The first-order chi connectivity index (χ1) is 16.9. The van der Waals surface area contributed by atoms with Crippen molar-refractivity contribution in [2.75, 3.05) is 26.9 Å². The Morgan fingerprint density at radius 2 is 1.75 bits per heavy atom. The van der Waals surface area contributed by atoms with Crippen LogP contribution >= 0.6 is 42.6 Å². The zero-order valence-electron chi connectivity index (χ0n) is 19.0. The van der Waals surface area contributed by atoms with Crippen molar-refractivity contribution in [1.82, 2.24) is 14.9 Å². The molecule has 3 rings (SSSR count). The summed E-state index contributed by atoms with van der Waals surface area (Å²) in [5.74, 6) is -0.0259. The number of nitrogens with one attached hydrogen (secondary N) is 1. The Morgan fingerprint density at radius 3 is 2.36 bits per heavy atom. The smallest absolute Gasteiger partial charge is 0.469 e. The highest BCUT2D eigenvalue weighted by Gasteiger charge is 2.21. The van der Waals surface area contributed by atoms with Gasteiger partial charge in [0.25, 0.3) is 0 Å². The van der Waals surface area contributed by atoms with Gasteiger partial charge in [-0.05, 0) is 6.92 Å². The number of rotatable bonds is 10. The van der Waals surface area contributed by atoms with E-state index >= 15 is 0 Å². The molecule has 0 saturated carbocycles. The van der Waals surface area contributed by atoms with Crippen LogP contribution in [0.2, 0.25) is 15.1 Å². The Kier molecular flexibility index (Phi) is 9.23. The van der Waals surface area contributed by atoms with E-state index in [0.717, 1.165) is 0 Å². The van der Waals surface area contributed by atoms with Crippen LogP contribution in [0, 0.1) is 6.92 Å². The van der Waals surface area contributed by atoms with E-state index < -0.39 is 13.3 Å². The van der Waals surface area contributed by atoms with Crippen molar-refractivity contribution in [3.05, 3.63) is 55.4 Å². The topological polar surface area (TPSA) is 149 Å². The lowest BCUT2D eigenvalue weighted by molar-refractivity contribution is -0.121. The molecule has 15 heteroatoms. The third kappa shape index (κ3) is 6.68. The van der Waals surface area contributed by atoms with Crippen molar-refractivity contribution in [3.63, 3.8) is 0 Å². The van der Waals surface area contributed by atoms with Crippen LogP contribution in [0.1, 0.15) is 12.1 Å². The predicted molar refractivity (Wildman–Crippen MR) is 135 cm³/mol. The van der Waals surface area contributed by atoms with Gasteiger partial charge in [0, 0.05) is 30.9 Å². The molecule has 0 fully saturated rings. The van der Waals surface area contributed by atoms with Gasteiger partial charge < -0.3 is 29.1 Å². The highest BCUT2D eigenvalue weighted by atomic mass is 35.5. The highest BCUT2D eigenvalue weighted by Crippen LogP contribution is 2.39. The number of carbonyl (C=O) groups excluding carboxylic acids is 1. The van der Waals surface area contributed by atoms with E-state index in [2.05, 4.69) is 14.8 Å². The number of pyridine rings is 2. The van der Waals surface area contributed by atoms with Gasteiger partial charge in [0.2, 0.25) is 11.8 Å². The molecular formula is C21H21Cl3N3O8P. The molecule has 1 amide bonds. The van der Waals surface area contributed by atoms with E-state index in [-0.39, 0.29) is 69.7 Å². The molecule has 2 aromatic heterocycles. The normalized spacial score (nSPS) is 11.5. The van der Waals surface area contributed by atoms with Crippen molar-refractivity contribution in [1.29, 1.82) is 0 Å². The highest BCUT2D eigenvalue weighted by molar-refractivity contribution is 7.46. The second-order valence-corrected chi connectivity index (χ2v) is 9.76. The number of halogens is 3. The summed E-state index contributed by atoms with van der Waals surface area (Å²) in [6.45, 7) is 1.11. The largest absolute Gasteiger partial charge is 0.491 e. The average molecular weight is 581 g/mol. The maximum absolute atomic E-state index is 12.9. The molecule has 0 atom stereocenters. The summed E-state index contributed by atoms with van der Waals surface area (Å²) < 4.78 is 27.7. The van der Waals surface area contributed by atoms with Crippen molar-refractivity contribution < 1.29 is 33.1 Å². The monoisotopic (exact) mass is 579 g/mol. The Morgan fingerprint density at radius 1 is 1.08 bits per heavy atom. The molecule has 11 nitrogen and oxygen atoms in total. The molecule has 0 aliphatic rings. The molecule has 0 aliphatic carbocycles. The number of aromatic nitrogens is 2. The molecule has 36 heavy (non-hydrogen) atoms. The van der Waals surface area contributed by atoms with Crippen LogP contribution in [0.5, 0.6) is 11.6 Å². The molecule has 0 aliphatic heterocycles. The number of phosphoric acid groups is 1. The standard InChI is InChI=1S/C21H21Cl3N3O8P/c1-11-7-16(28)18-20(15(24)10-26-21(18)34-4-3-17(29)25-2)27(11)19-13(22)8-12(9-14(19)23)33-5-6-35-36(30,31)32/h7-10H,3-6H2,1-2H3,(H,25,29)(H2,30,31,32). The summed E-state index contributed by atoms with van der Waals surface area (Å²) >= 11 is 19.5. The molecule has 3 aromatic rings. The number of benzene rings is 1. The van der Waals surface area contributed by atoms with Gasteiger partial charge in [-0.1, -0.05) is 34.8 Å². The van der Waals surface area contributed by atoms with Gasteiger partial charge in [0.05, 0.1) is 52.1 Å². The Hall–Kier alpha value is -2.37. The number of fused-ring (bicyclic) bond motifs is 1. The summed E-state index contributed by atoms with van der Waals surface area (Å²) in [6, 6.07) is 4.24. The Balaban J connectivity index is 2.04. The number of amides is 1. The summed E-state index contributed by atoms with van der Waals surface area (Å²) in [5.41, 5.74) is 0.605. The first-order valence-electron chi connectivity index (χ1n) is 10.3.